The van der Waals surface area contributed by atoms with Crippen molar-refractivity contribution < 1.29 is 9.90 Å². The van der Waals surface area contributed by atoms with Crippen LogP contribution in [-0.2, 0) is 4.79 Å². The fraction of sp³-hybridized carbons (Fsp3) is 0.182. The van der Waals surface area contributed by atoms with Gasteiger partial charge in [-0.15, -0.1) is 0 Å². The summed E-state index contributed by atoms with van der Waals surface area (Å²) in [5.74, 6) is -1.34. The van der Waals surface area contributed by atoms with Gasteiger partial charge in [0, 0.05) is 0 Å². The van der Waals surface area contributed by atoms with Crippen molar-refractivity contribution in [3.8, 4) is 0 Å². The van der Waals surface area contributed by atoms with Gasteiger partial charge in [0.1, 0.15) is 4.49 Å². The topological polar surface area (TPSA) is 37.3 Å². The van der Waals surface area contributed by atoms with Crippen molar-refractivity contribution in [2.45, 2.75) is 12.8 Å². The number of carboxylic acid groups (broad SMARTS) is 1. The smallest absolute Gasteiger partial charge is 0.310 e. The maximum Gasteiger partial charge on any atom is 0.310 e. The van der Waals surface area contributed by atoms with E-state index in [1.54, 1.807) is 37.3 Å². The number of halogens is 2. The minimum atomic E-state index is -0.839. The molecule has 80 valence electrons. The molecule has 0 heterocycles. The lowest BCUT2D eigenvalue weighted by Gasteiger charge is -2.06. The highest BCUT2D eigenvalue weighted by atomic mass is 35.5. The van der Waals surface area contributed by atoms with Gasteiger partial charge in [0.25, 0.3) is 0 Å². The van der Waals surface area contributed by atoms with Crippen molar-refractivity contribution >= 4 is 35.2 Å². The normalized spacial score (nSPS) is 11.9. The maximum absolute atomic E-state index is 10.7. The molecule has 15 heavy (non-hydrogen) atoms. The standard InChI is InChI=1S/C11H10Cl2O2/c1-7(11(14)15)9-4-2-8(3-5-9)6-10(12)13/h2-7H,1H3,(H,14,15)/t7-/m1/s1. The lowest BCUT2D eigenvalue weighted by molar-refractivity contribution is -0.138. The first-order valence-electron chi connectivity index (χ1n) is 4.36. The molecule has 4 heteroatoms. The molecule has 0 radical (unpaired) electrons. The van der Waals surface area contributed by atoms with E-state index in [1.807, 2.05) is 0 Å². The van der Waals surface area contributed by atoms with E-state index >= 15 is 0 Å². The van der Waals surface area contributed by atoms with E-state index in [0.717, 1.165) is 11.1 Å². The van der Waals surface area contributed by atoms with Gasteiger partial charge in [0.2, 0.25) is 0 Å². The van der Waals surface area contributed by atoms with Crippen LogP contribution >= 0.6 is 23.2 Å². The van der Waals surface area contributed by atoms with E-state index in [2.05, 4.69) is 0 Å². The van der Waals surface area contributed by atoms with Gasteiger partial charge in [-0.25, -0.2) is 0 Å². The summed E-state index contributed by atoms with van der Waals surface area (Å²) >= 11 is 11.0. The summed E-state index contributed by atoms with van der Waals surface area (Å²) in [6.45, 7) is 1.64. The zero-order valence-corrected chi connectivity index (χ0v) is 9.59. The summed E-state index contributed by atoms with van der Waals surface area (Å²) < 4.78 is 0.175. The number of hydrogen-bond acceptors (Lipinski definition) is 1. The van der Waals surface area contributed by atoms with E-state index in [9.17, 15) is 4.79 Å². The molecule has 0 unspecified atom stereocenters. The van der Waals surface area contributed by atoms with Crippen LogP contribution in [0.25, 0.3) is 6.08 Å². The fourth-order valence-electron chi connectivity index (χ4n) is 1.15. The van der Waals surface area contributed by atoms with Crippen molar-refractivity contribution in [3.05, 3.63) is 39.9 Å². The molecule has 0 aliphatic rings. The molecular weight excluding hydrogens is 235 g/mol. The Hall–Kier alpha value is -0.990. The number of hydrogen-bond donors (Lipinski definition) is 1. The molecule has 1 rings (SSSR count). The summed E-state index contributed by atoms with van der Waals surface area (Å²) in [5.41, 5.74) is 1.60. The molecule has 1 N–H and O–H groups in total. The summed E-state index contributed by atoms with van der Waals surface area (Å²) in [5, 5.41) is 8.80. The van der Waals surface area contributed by atoms with Crippen molar-refractivity contribution in [2.75, 3.05) is 0 Å². The zero-order valence-electron chi connectivity index (χ0n) is 8.08. The minimum absolute atomic E-state index is 0.175. The van der Waals surface area contributed by atoms with Gasteiger partial charge in [-0.1, -0.05) is 47.5 Å². The molecular formula is C11H10Cl2O2. The first-order chi connectivity index (χ1) is 7.00. The fourth-order valence-corrected chi connectivity index (χ4v) is 1.40. The molecule has 0 aromatic heterocycles. The van der Waals surface area contributed by atoms with Crippen molar-refractivity contribution in [3.63, 3.8) is 0 Å². The second-order valence-corrected chi connectivity index (χ2v) is 4.17. The van der Waals surface area contributed by atoms with Gasteiger partial charge in [0.15, 0.2) is 0 Å². The third-order valence-electron chi connectivity index (χ3n) is 2.08. The predicted octanol–water partition coefficient (Wildman–Crippen LogP) is 3.65. The molecule has 1 atom stereocenters. The van der Waals surface area contributed by atoms with Crippen LogP contribution in [-0.4, -0.2) is 11.1 Å². The average molecular weight is 245 g/mol. The molecule has 0 fully saturated rings. The molecule has 0 saturated carbocycles. The van der Waals surface area contributed by atoms with Gasteiger partial charge >= 0.3 is 5.97 Å². The molecule has 0 saturated heterocycles. The Morgan fingerprint density at radius 1 is 1.33 bits per heavy atom. The van der Waals surface area contributed by atoms with Crippen LogP contribution in [0.15, 0.2) is 28.8 Å². The predicted molar refractivity (Wildman–Crippen MR) is 62.2 cm³/mol. The summed E-state index contributed by atoms with van der Waals surface area (Å²) in [7, 11) is 0. The number of rotatable bonds is 3. The number of carbonyl (C=O) groups is 1. The number of aliphatic carboxylic acids is 1. The number of carboxylic acids is 1. The Bertz CT molecular complexity index is 378. The van der Waals surface area contributed by atoms with Crippen molar-refractivity contribution in [1.82, 2.24) is 0 Å². The third-order valence-corrected chi connectivity index (χ3v) is 2.30. The number of benzene rings is 1. The van der Waals surface area contributed by atoms with Crippen LogP contribution in [0, 0.1) is 0 Å². The first-order valence-corrected chi connectivity index (χ1v) is 5.12. The molecule has 0 aliphatic carbocycles. The average Bonchev–Trinajstić information content (AvgIpc) is 2.17. The van der Waals surface area contributed by atoms with Gasteiger partial charge < -0.3 is 5.11 Å². The van der Waals surface area contributed by atoms with Crippen molar-refractivity contribution in [2.24, 2.45) is 0 Å². The van der Waals surface area contributed by atoms with E-state index in [-0.39, 0.29) is 4.49 Å². The van der Waals surface area contributed by atoms with E-state index < -0.39 is 11.9 Å². The Morgan fingerprint density at radius 2 is 1.87 bits per heavy atom. The SMILES string of the molecule is C[C@@H](C(=O)O)c1ccc(C=C(Cl)Cl)cc1. The summed E-state index contributed by atoms with van der Waals surface area (Å²) in [6.07, 6.45) is 1.60. The molecule has 1 aromatic carbocycles. The molecule has 0 bridgehead atoms. The van der Waals surface area contributed by atoms with Crippen LogP contribution in [0.4, 0.5) is 0 Å². The summed E-state index contributed by atoms with van der Waals surface area (Å²) in [6, 6.07) is 7.06. The van der Waals surface area contributed by atoms with Crippen LogP contribution in [0.5, 0.6) is 0 Å². The van der Waals surface area contributed by atoms with Gasteiger partial charge in [0.05, 0.1) is 5.92 Å². The van der Waals surface area contributed by atoms with E-state index in [0.29, 0.717) is 0 Å². The van der Waals surface area contributed by atoms with E-state index in [1.165, 1.54) is 0 Å². The molecule has 1 aromatic rings. The monoisotopic (exact) mass is 244 g/mol. The van der Waals surface area contributed by atoms with Crippen LogP contribution in [0.3, 0.4) is 0 Å². The van der Waals surface area contributed by atoms with Gasteiger partial charge in [-0.3, -0.25) is 4.79 Å². The van der Waals surface area contributed by atoms with Crippen LogP contribution in [0.2, 0.25) is 0 Å². The van der Waals surface area contributed by atoms with Crippen LogP contribution < -0.4 is 0 Å². The summed E-state index contributed by atoms with van der Waals surface area (Å²) in [4.78, 5) is 10.7. The molecule has 0 aliphatic heterocycles. The lowest BCUT2D eigenvalue weighted by Crippen LogP contribution is -2.06. The third kappa shape index (κ3) is 3.57. The zero-order chi connectivity index (χ0) is 11.4. The first kappa shape index (κ1) is 12.1. The molecule has 2 nitrogen and oxygen atoms in total. The maximum atomic E-state index is 10.7. The van der Waals surface area contributed by atoms with E-state index in [4.69, 9.17) is 28.3 Å². The minimum Gasteiger partial charge on any atom is -0.481 e. The molecule has 0 spiro atoms. The highest BCUT2D eigenvalue weighted by Crippen LogP contribution is 2.18. The Labute approximate surface area is 98.1 Å². The highest BCUT2D eigenvalue weighted by molar-refractivity contribution is 6.57. The second kappa shape index (κ2) is 5.19. The second-order valence-electron chi connectivity index (χ2n) is 3.16. The van der Waals surface area contributed by atoms with Gasteiger partial charge in [-0.05, 0) is 24.1 Å². The lowest BCUT2D eigenvalue weighted by atomic mass is 10.0. The quantitative estimate of drug-likeness (QED) is 0.882. The van der Waals surface area contributed by atoms with Crippen LogP contribution in [0.1, 0.15) is 24.0 Å². The Kier molecular flexibility index (Phi) is 4.18. The molecule has 0 amide bonds. The van der Waals surface area contributed by atoms with Crippen molar-refractivity contribution in [1.29, 1.82) is 0 Å². The highest BCUT2D eigenvalue weighted by Gasteiger charge is 2.12. The Balaban J connectivity index is 2.90. The largest absolute Gasteiger partial charge is 0.481 e. The van der Waals surface area contributed by atoms with Gasteiger partial charge in [-0.2, -0.15) is 0 Å². The Morgan fingerprint density at radius 3 is 2.27 bits per heavy atom.